The Labute approximate surface area is 135 Å². The first-order chi connectivity index (χ1) is 11.1. The summed E-state index contributed by atoms with van der Waals surface area (Å²) in [5, 5.41) is 8.42. The number of pyridine rings is 1. The van der Waals surface area contributed by atoms with Crippen molar-refractivity contribution in [2.45, 2.75) is 39.5 Å². The first kappa shape index (κ1) is 15.6. The van der Waals surface area contributed by atoms with E-state index in [9.17, 15) is 4.79 Å². The largest absolute Gasteiger partial charge is 0.377 e. The number of carbonyl (C=O) groups excluding carboxylic acids is 1. The normalized spacial score (nSPS) is 17.7. The summed E-state index contributed by atoms with van der Waals surface area (Å²) in [5.74, 6) is 1.67. The van der Waals surface area contributed by atoms with Gasteiger partial charge in [-0.1, -0.05) is 6.07 Å². The fourth-order valence-corrected chi connectivity index (χ4v) is 2.86. The van der Waals surface area contributed by atoms with E-state index in [-0.39, 0.29) is 11.9 Å². The molecule has 0 saturated carbocycles. The molecule has 0 aliphatic carbocycles. The molecular formula is C16H21N5O2. The quantitative estimate of drug-likeness (QED) is 0.851. The number of carbonyl (C=O) groups is 1. The third-order valence-corrected chi connectivity index (χ3v) is 4.14. The van der Waals surface area contributed by atoms with E-state index in [2.05, 4.69) is 19.7 Å². The van der Waals surface area contributed by atoms with Gasteiger partial charge in [-0.15, -0.1) is 10.2 Å². The lowest BCUT2D eigenvalue weighted by molar-refractivity contribution is 0.0689. The summed E-state index contributed by atoms with van der Waals surface area (Å²) >= 11 is 0. The number of methoxy groups -OCH3 is 1. The molecule has 1 atom stereocenters. The van der Waals surface area contributed by atoms with Crippen molar-refractivity contribution in [3.63, 3.8) is 0 Å². The average molecular weight is 315 g/mol. The maximum absolute atomic E-state index is 12.8. The molecule has 0 saturated heterocycles. The molecule has 1 aliphatic rings. The van der Waals surface area contributed by atoms with Crippen molar-refractivity contribution >= 4 is 5.91 Å². The van der Waals surface area contributed by atoms with Crippen LogP contribution in [0.15, 0.2) is 18.3 Å². The van der Waals surface area contributed by atoms with Crippen molar-refractivity contribution in [1.29, 1.82) is 0 Å². The fraction of sp³-hybridized carbons (Fsp3) is 0.500. The lowest BCUT2D eigenvalue weighted by Gasteiger charge is -2.26. The number of aryl methyl sites for hydroxylation is 1. The van der Waals surface area contributed by atoms with E-state index in [4.69, 9.17) is 4.74 Å². The number of amides is 1. The van der Waals surface area contributed by atoms with Crippen molar-refractivity contribution in [3.8, 4) is 0 Å². The van der Waals surface area contributed by atoms with Crippen molar-refractivity contribution in [3.05, 3.63) is 41.2 Å². The SMILES string of the molecule is COCc1nnc2n1CCN(C(=O)c1ccc(C)cn1)[C@@H](C)C2. The van der Waals surface area contributed by atoms with Crippen LogP contribution in [0.4, 0.5) is 0 Å². The highest BCUT2D eigenvalue weighted by atomic mass is 16.5. The summed E-state index contributed by atoms with van der Waals surface area (Å²) in [6.07, 6.45) is 2.40. The topological polar surface area (TPSA) is 73.1 Å². The van der Waals surface area contributed by atoms with E-state index in [0.717, 1.165) is 17.2 Å². The molecule has 23 heavy (non-hydrogen) atoms. The molecule has 0 bridgehead atoms. The van der Waals surface area contributed by atoms with Gasteiger partial charge in [-0.2, -0.15) is 0 Å². The first-order valence-corrected chi connectivity index (χ1v) is 7.73. The molecule has 0 fully saturated rings. The van der Waals surface area contributed by atoms with Crippen LogP contribution in [0.1, 0.15) is 34.6 Å². The Bertz CT molecular complexity index is 695. The Morgan fingerprint density at radius 1 is 1.35 bits per heavy atom. The maximum atomic E-state index is 12.8. The summed E-state index contributed by atoms with van der Waals surface area (Å²) in [6.45, 7) is 5.70. The van der Waals surface area contributed by atoms with Crippen LogP contribution < -0.4 is 0 Å². The van der Waals surface area contributed by atoms with Crippen LogP contribution in [0.25, 0.3) is 0 Å². The monoisotopic (exact) mass is 315 g/mol. The molecule has 2 aromatic rings. The van der Waals surface area contributed by atoms with Crippen molar-refractivity contribution in [2.75, 3.05) is 13.7 Å². The minimum atomic E-state index is -0.0375. The van der Waals surface area contributed by atoms with Crippen molar-refractivity contribution in [1.82, 2.24) is 24.6 Å². The van der Waals surface area contributed by atoms with E-state index in [1.54, 1.807) is 19.4 Å². The third-order valence-electron chi connectivity index (χ3n) is 4.14. The summed E-state index contributed by atoms with van der Waals surface area (Å²) < 4.78 is 7.21. The number of ether oxygens (including phenoxy) is 1. The number of hydrogen-bond donors (Lipinski definition) is 0. The average Bonchev–Trinajstić information content (AvgIpc) is 2.82. The lowest BCUT2D eigenvalue weighted by Crippen LogP contribution is -2.40. The van der Waals surface area contributed by atoms with Gasteiger partial charge >= 0.3 is 0 Å². The van der Waals surface area contributed by atoms with Crippen LogP contribution in [0.2, 0.25) is 0 Å². The molecule has 3 heterocycles. The predicted octanol–water partition coefficient (Wildman–Crippen LogP) is 1.21. The van der Waals surface area contributed by atoms with Gasteiger partial charge in [0.05, 0.1) is 0 Å². The van der Waals surface area contributed by atoms with Crippen LogP contribution in [-0.4, -0.2) is 50.3 Å². The van der Waals surface area contributed by atoms with Gasteiger partial charge in [-0.25, -0.2) is 0 Å². The fourth-order valence-electron chi connectivity index (χ4n) is 2.86. The second-order valence-corrected chi connectivity index (χ2v) is 5.89. The summed E-state index contributed by atoms with van der Waals surface area (Å²) in [6, 6.07) is 3.74. The van der Waals surface area contributed by atoms with Crippen molar-refractivity contribution in [2.24, 2.45) is 0 Å². The van der Waals surface area contributed by atoms with Gasteiger partial charge in [-0.3, -0.25) is 9.78 Å². The van der Waals surface area contributed by atoms with E-state index >= 15 is 0 Å². The highest BCUT2D eigenvalue weighted by Crippen LogP contribution is 2.17. The minimum Gasteiger partial charge on any atom is -0.377 e. The Balaban J connectivity index is 1.81. The second kappa shape index (κ2) is 6.45. The highest BCUT2D eigenvalue weighted by Gasteiger charge is 2.28. The van der Waals surface area contributed by atoms with Crippen LogP contribution in [-0.2, 0) is 24.3 Å². The number of hydrogen-bond acceptors (Lipinski definition) is 5. The molecule has 0 unspecified atom stereocenters. The smallest absolute Gasteiger partial charge is 0.272 e. The maximum Gasteiger partial charge on any atom is 0.272 e. The molecule has 1 aliphatic heterocycles. The second-order valence-electron chi connectivity index (χ2n) is 5.89. The Kier molecular flexibility index (Phi) is 4.38. The molecule has 1 amide bonds. The van der Waals surface area contributed by atoms with E-state index < -0.39 is 0 Å². The van der Waals surface area contributed by atoms with E-state index in [1.165, 1.54) is 0 Å². The molecule has 7 heteroatoms. The Hall–Kier alpha value is -2.28. The zero-order valence-electron chi connectivity index (χ0n) is 13.7. The van der Waals surface area contributed by atoms with E-state index in [0.29, 0.717) is 31.8 Å². The zero-order valence-corrected chi connectivity index (χ0v) is 13.7. The van der Waals surface area contributed by atoms with Gasteiger partial charge in [0.25, 0.3) is 5.91 Å². The summed E-state index contributed by atoms with van der Waals surface area (Å²) in [7, 11) is 1.64. The van der Waals surface area contributed by atoms with Crippen LogP contribution in [0.3, 0.4) is 0 Å². The number of fused-ring (bicyclic) bond motifs is 1. The van der Waals surface area contributed by atoms with Crippen LogP contribution in [0.5, 0.6) is 0 Å². The summed E-state index contributed by atoms with van der Waals surface area (Å²) in [4.78, 5) is 18.9. The van der Waals surface area contributed by atoms with Gasteiger partial charge < -0.3 is 14.2 Å². The van der Waals surface area contributed by atoms with Crippen molar-refractivity contribution < 1.29 is 9.53 Å². The van der Waals surface area contributed by atoms with Gasteiger partial charge in [0.15, 0.2) is 5.82 Å². The van der Waals surface area contributed by atoms with Gasteiger partial charge in [0.2, 0.25) is 0 Å². The number of rotatable bonds is 3. The zero-order chi connectivity index (χ0) is 16.4. The van der Waals surface area contributed by atoms with Gasteiger partial charge in [0, 0.05) is 38.9 Å². The standard InChI is InChI=1S/C16H21N5O2/c1-11-4-5-13(17-9-11)16(22)20-6-7-21-14(8-12(20)2)18-19-15(21)10-23-3/h4-5,9,12H,6-8,10H2,1-3H3/t12-/m0/s1. The lowest BCUT2D eigenvalue weighted by atomic mass is 10.2. The minimum absolute atomic E-state index is 0.0375. The van der Waals surface area contributed by atoms with Gasteiger partial charge in [0.1, 0.15) is 18.1 Å². The van der Waals surface area contributed by atoms with Crippen LogP contribution >= 0.6 is 0 Å². The molecular weight excluding hydrogens is 294 g/mol. The molecule has 7 nitrogen and oxygen atoms in total. The third kappa shape index (κ3) is 3.10. The first-order valence-electron chi connectivity index (χ1n) is 7.73. The number of aromatic nitrogens is 4. The molecule has 2 aromatic heterocycles. The molecule has 0 radical (unpaired) electrons. The Morgan fingerprint density at radius 3 is 2.87 bits per heavy atom. The molecule has 0 spiro atoms. The summed E-state index contributed by atoms with van der Waals surface area (Å²) in [5.41, 5.74) is 1.53. The van der Waals surface area contributed by atoms with E-state index in [1.807, 2.05) is 24.8 Å². The predicted molar refractivity (Wildman–Crippen MR) is 83.9 cm³/mol. The molecule has 122 valence electrons. The number of nitrogens with zero attached hydrogens (tertiary/aromatic N) is 5. The van der Waals surface area contributed by atoms with Gasteiger partial charge in [-0.05, 0) is 25.5 Å². The Morgan fingerprint density at radius 2 is 2.17 bits per heavy atom. The molecule has 3 rings (SSSR count). The van der Waals surface area contributed by atoms with Crippen LogP contribution in [0, 0.1) is 6.92 Å². The molecule has 0 aromatic carbocycles. The highest BCUT2D eigenvalue weighted by molar-refractivity contribution is 5.92. The molecule has 0 N–H and O–H groups in total.